The van der Waals surface area contributed by atoms with Crippen molar-refractivity contribution >= 4 is 6.16 Å². The van der Waals surface area contributed by atoms with E-state index >= 15 is 0 Å². The van der Waals surface area contributed by atoms with Crippen molar-refractivity contribution in [1.82, 2.24) is 0 Å². The van der Waals surface area contributed by atoms with Crippen LogP contribution in [0, 0.1) is 5.92 Å². The zero-order valence-electron chi connectivity index (χ0n) is 8.79. The topological polar surface area (TPSA) is 35.5 Å². The fraction of sp³-hybridized carbons (Fsp3) is 0.700. The second kappa shape index (κ2) is 4.90. The van der Waals surface area contributed by atoms with E-state index in [4.69, 9.17) is 9.47 Å². The summed E-state index contributed by atoms with van der Waals surface area (Å²) >= 11 is 0. The van der Waals surface area contributed by atoms with Gasteiger partial charge in [-0.05, 0) is 25.8 Å². The first-order chi connectivity index (χ1) is 5.87. The average molecular weight is 186 g/mol. The van der Waals surface area contributed by atoms with Crippen molar-refractivity contribution in [2.24, 2.45) is 5.92 Å². The Balaban J connectivity index is 3.81. The molecule has 0 spiro atoms. The number of hydrogen-bond donors (Lipinski definition) is 0. The molecule has 0 aromatic heterocycles. The zero-order valence-corrected chi connectivity index (χ0v) is 8.79. The van der Waals surface area contributed by atoms with Gasteiger partial charge in [-0.25, -0.2) is 4.79 Å². The van der Waals surface area contributed by atoms with Gasteiger partial charge in [-0.15, -0.1) is 0 Å². The molecule has 0 N–H and O–H groups in total. The minimum atomic E-state index is -0.659. The highest BCUT2D eigenvalue weighted by molar-refractivity contribution is 5.60. The lowest BCUT2D eigenvalue weighted by atomic mass is 10.1. The average Bonchev–Trinajstić information content (AvgIpc) is 2.00. The van der Waals surface area contributed by atoms with Gasteiger partial charge in [-0.2, -0.15) is 0 Å². The lowest BCUT2D eigenvalue weighted by Crippen LogP contribution is -2.26. The largest absolute Gasteiger partial charge is 0.509 e. The van der Waals surface area contributed by atoms with Crippen LogP contribution in [-0.2, 0) is 9.47 Å². The fourth-order valence-electron chi connectivity index (χ4n) is 0.521. The smallest absolute Gasteiger partial charge is 0.434 e. The predicted octanol–water partition coefficient (Wildman–Crippen LogP) is 2.76. The summed E-state index contributed by atoms with van der Waals surface area (Å²) in [4.78, 5) is 11.0. The van der Waals surface area contributed by atoms with Crippen molar-refractivity contribution in [3.05, 3.63) is 12.7 Å². The van der Waals surface area contributed by atoms with Crippen LogP contribution in [0.1, 0.15) is 27.7 Å². The van der Waals surface area contributed by atoms with Crippen LogP contribution in [0.5, 0.6) is 0 Å². The molecule has 0 saturated heterocycles. The van der Waals surface area contributed by atoms with Gasteiger partial charge < -0.3 is 9.47 Å². The summed E-state index contributed by atoms with van der Waals surface area (Å²) in [6, 6.07) is 0. The predicted molar refractivity (Wildman–Crippen MR) is 51.5 cm³/mol. The molecular formula is C10H18O3. The molecule has 0 heterocycles. The Morgan fingerprint density at radius 3 is 2.46 bits per heavy atom. The Bertz CT molecular complexity index is 183. The molecule has 0 fully saturated rings. The van der Waals surface area contributed by atoms with Gasteiger partial charge >= 0.3 is 6.16 Å². The molecule has 0 atom stereocenters. The third kappa shape index (κ3) is 6.20. The molecule has 3 nitrogen and oxygen atoms in total. The number of ether oxygens (including phenoxy) is 2. The van der Waals surface area contributed by atoms with E-state index in [1.54, 1.807) is 19.9 Å². The maximum atomic E-state index is 11.0. The SMILES string of the molecule is C=CC(C)(C)OC(=O)OCC(C)C. The molecule has 0 aromatic carbocycles. The normalized spacial score (nSPS) is 11.2. The fourth-order valence-corrected chi connectivity index (χ4v) is 0.521. The lowest BCUT2D eigenvalue weighted by molar-refractivity contribution is 0.00109. The highest BCUT2D eigenvalue weighted by atomic mass is 16.7. The van der Waals surface area contributed by atoms with Gasteiger partial charge in [0.05, 0.1) is 6.61 Å². The Morgan fingerprint density at radius 2 is 2.08 bits per heavy atom. The van der Waals surface area contributed by atoms with Crippen LogP contribution >= 0.6 is 0 Å². The number of hydrogen-bond acceptors (Lipinski definition) is 3. The van der Waals surface area contributed by atoms with Gasteiger partial charge in [-0.1, -0.05) is 20.4 Å². The summed E-state index contributed by atoms with van der Waals surface area (Å²) < 4.78 is 9.79. The van der Waals surface area contributed by atoms with Crippen molar-refractivity contribution in [1.29, 1.82) is 0 Å². The molecule has 13 heavy (non-hydrogen) atoms. The molecule has 3 heteroatoms. The van der Waals surface area contributed by atoms with Crippen molar-refractivity contribution < 1.29 is 14.3 Å². The second-order valence-electron chi connectivity index (χ2n) is 3.86. The van der Waals surface area contributed by atoms with Crippen molar-refractivity contribution in [3.63, 3.8) is 0 Å². The highest BCUT2D eigenvalue weighted by Gasteiger charge is 2.19. The Labute approximate surface area is 79.7 Å². The molecule has 0 aliphatic heterocycles. The molecule has 0 aliphatic rings. The minimum Gasteiger partial charge on any atom is -0.434 e. The summed E-state index contributed by atoms with van der Waals surface area (Å²) in [5, 5.41) is 0. The summed E-state index contributed by atoms with van der Waals surface area (Å²) in [6.07, 6.45) is 0.919. The molecule has 0 aliphatic carbocycles. The van der Waals surface area contributed by atoms with E-state index in [1.807, 2.05) is 13.8 Å². The van der Waals surface area contributed by atoms with Crippen LogP contribution in [0.2, 0.25) is 0 Å². The van der Waals surface area contributed by atoms with E-state index in [-0.39, 0.29) is 0 Å². The maximum absolute atomic E-state index is 11.0. The van der Waals surface area contributed by atoms with Crippen molar-refractivity contribution in [2.45, 2.75) is 33.3 Å². The first kappa shape index (κ1) is 12.0. The molecule has 0 unspecified atom stereocenters. The Morgan fingerprint density at radius 1 is 1.54 bits per heavy atom. The number of carbonyl (C=O) groups is 1. The first-order valence-electron chi connectivity index (χ1n) is 4.37. The first-order valence-corrected chi connectivity index (χ1v) is 4.37. The molecule has 0 aromatic rings. The molecule has 0 rings (SSSR count). The summed E-state index contributed by atoms with van der Waals surface area (Å²) in [5.74, 6) is 0.319. The number of rotatable bonds is 4. The minimum absolute atomic E-state index is 0.319. The van der Waals surface area contributed by atoms with Crippen LogP contribution < -0.4 is 0 Å². The second-order valence-corrected chi connectivity index (χ2v) is 3.86. The van der Waals surface area contributed by atoms with E-state index in [0.717, 1.165) is 0 Å². The van der Waals surface area contributed by atoms with E-state index in [0.29, 0.717) is 12.5 Å². The molecule has 0 radical (unpaired) electrons. The summed E-state index contributed by atoms with van der Waals surface area (Å²) in [7, 11) is 0. The van der Waals surface area contributed by atoms with Crippen molar-refractivity contribution in [2.75, 3.05) is 6.61 Å². The summed E-state index contributed by atoms with van der Waals surface area (Å²) in [5.41, 5.74) is -0.659. The maximum Gasteiger partial charge on any atom is 0.509 e. The monoisotopic (exact) mass is 186 g/mol. The molecule has 0 amide bonds. The van der Waals surface area contributed by atoms with Crippen LogP contribution in [0.3, 0.4) is 0 Å². The van der Waals surface area contributed by atoms with Crippen molar-refractivity contribution in [3.8, 4) is 0 Å². The van der Waals surface area contributed by atoms with Gasteiger partial charge in [0, 0.05) is 0 Å². The van der Waals surface area contributed by atoms with E-state index in [2.05, 4.69) is 6.58 Å². The van der Waals surface area contributed by atoms with Gasteiger partial charge in [-0.3, -0.25) is 0 Å². The van der Waals surface area contributed by atoms with E-state index in [1.165, 1.54) is 0 Å². The highest BCUT2D eigenvalue weighted by Crippen LogP contribution is 2.11. The third-order valence-electron chi connectivity index (χ3n) is 1.37. The van der Waals surface area contributed by atoms with Crippen LogP contribution in [0.4, 0.5) is 4.79 Å². The quantitative estimate of drug-likeness (QED) is 0.500. The lowest BCUT2D eigenvalue weighted by Gasteiger charge is -2.20. The summed E-state index contributed by atoms with van der Waals surface area (Å²) in [6.45, 7) is 11.4. The van der Waals surface area contributed by atoms with Crippen LogP contribution in [-0.4, -0.2) is 18.4 Å². The Hall–Kier alpha value is -0.990. The zero-order chi connectivity index (χ0) is 10.5. The van der Waals surface area contributed by atoms with Crippen LogP contribution in [0.15, 0.2) is 12.7 Å². The number of carbonyl (C=O) groups excluding carboxylic acids is 1. The standard InChI is InChI=1S/C10H18O3/c1-6-10(4,5)13-9(11)12-7-8(2)3/h6,8H,1,7H2,2-5H3. The van der Waals surface area contributed by atoms with E-state index < -0.39 is 11.8 Å². The Kier molecular flexibility index (Phi) is 4.52. The van der Waals surface area contributed by atoms with Crippen LogP contribution in [0.25, 0.3) is 0 Å². The van der Waals surface area contributed by atoms with E-state index in [9.17, 15) is 4.79 Å². The van der Waals surface area contributed by atoms with Gasteiger partial charge in [0.2, 0.25) is 0 Å². The van der Waals surface area contributed by atoms with Gasteiger partial charge in [0.1, 0.15) is 5.60 Å². The molecule has 0 saturated carbocycles. The van der Waals surface area contributed by atoms with Gasteiger partial charge in [0.25, 0.3) is 0 Å². The molecule has 0 bridgehead atoms. The molecular weight excluding hydrogens is 168 g/mol. The molecule has 76 valence electrons. The third-order valence-corrected chi connectivity index (χ3v) is 1.37. The van der Waals surface area contributed by atoms with Gasteiger partial charge in [0.15, 0.2) is 0 Å².